The molecule has 1 aliphatic rings. The number of para-hydroxylation sites is 1. The van der Waals surface area contributed by atoms with Crippen molar-refractivity contribution in [1.29, 1.82) is 0 Å². The maximum absolute atomic E-state index is 13.0. The molecule has 1 saturated heterocycles. The van der Waals surface area contributed by atoms with Crippen molar-refractivity contribution in [3.05, 3.63) is 54.6 Å². The highest BCUT2D eigenvalue weighted by Gasteiger charge is 2.48. The van der Waals surface area contributed by atoms with Gasteiger partial charge in [-0.3, -0.25) is 9.59 Å². The second-order valence-electron chi connectivity index (χ2n) is 8.83. The van der Waals surface area contributed by atoms with Gasteiger partial charge in [0, 0.05) is 22.8 Å². The third-order valence-electron chi connectivity index (χ3n) is 5.22. The van der Waals surface area contributed by atoms with Crippen LogP contribution in [-0.4, -0.2) is 33.8 Å². The molecule has 1 fully saturated rings. The van der Waals surface area contributed by atoms with E-state index < -0.39 is 22.9 Å². The van der Waals surface area contributed by atoms with E-state index in [0.29, 0.717) is 24.3 Å². The summed E-state index contributed by atoms with van der Waals surface area (Å²) in [5.41, 5.74) is 5.71. The van der Waals surface area contributed by atoms with E-state index in [4.69, 9.17) is 10.5 Å². The van der Waals surface area contributed by atoms with Crippen molar-refractivity contribution in [3.63, 3.8) is 0 Å². The van der Waals surface area contributed by atoms with E-state index in [0.717, 1.165) is 5.75 Å². The summed E-state index contributed by atoms with van der Waals surface area (Å²) in [7, 11) is 0. The summed E-state index contributed by atoms with van der Waals surface area (Å²) in [6.45, 7) is 7.81. The Hall–Kier alpha value is -2.86. The minimum Gasteiger partial charge on any atom is -0.457 e. The summed E-state index contributed by atoms with van der Waals surface area (Å²) in [6.07, 6.45) is 1.31. The van der Waals surface area contributed by atoms with E-state index >= 15 is 0 Å². The molecule has 0 saturated carbocycles. The fraction of sp³-hybridized carbons (Fsp3) is 0.391. The molecule has 0 spiro atoms. The zero-order valence-corrected chi connectivity index (χ0v) is 17.4. The van der Waals surface area contributed by atoms with Crippen LogP contribution in [0.2, 0.25) is 0 Å². The number of rotatable bonds is 3. The maximum atomic E-state index is 13.0. The van der Waals surface area contributed by atoms with E-state index in [1.807, 2.05) is 58.0 Å². The molecule has 3 N–H and O–H groups in total. The Morgan fingerprint density at radius 3 is 2.00 bits per heavy atom. The predicted molar refractivity (Wildman–Crippen MR) is 114 cm³/mol. The Morgan fingerprint density at radius 2 is 1.45 bits per heavy atom. The monoisotopic (exact) mass is 395 g/mol. The Labute approximate surface area is 172 Å². The molecule has 2 aromatic rings. The van der Waals surface area contributed by atoms with Crippen LogP contribution in [0.5, 0.6) is 11.5 Å². The summed E-state index contributed by atoms with van der Waals surface area (Å²) in [6, 6.07) is 16.4. The molecular formula is C23H29N3O3. The molecule has 0 unspecified atom stereocenters. The first kappa shape index (κ1) is 20.9. The van der Waals surface area contributed by atoms with Gasteiger partial charge in [-0.15, -0.1) is 0 Å². The Morgan fingerprint density at radius 1 is 0.931 bits per heavy atom. The molecule has 154 valence electrons. The van der Waals surface area contributed by atoms with Crippen LogP contribution in [0.1, 0.15) is 40.5 Å². The Bertz CT molecular complexity index is 858. The second-order valence-corrected chi connectivity index (χ2v) is 8.83. The van der Waals surface area contributed by atoms with E-state index in [1.165, 1.54) is 0 Å². The summed E-state index contributed by atoms with van der Waals surface area (Å²) >= 11 is 0. The average molecular weight is 396 g/mol. The zero-order valence-electron chi connectivity index (χ0n) is 17.4. The van der Waals surface area contributed by atoms with Gasteiger partial charge in [0.05, 0.1) is 0 Å². The quantitative estimate of drug-likeness (QED) is 0.772. The van der Waals surface area contributed by atoms with Crippen LogP contribution in [0.4, 0.5) is 5.69 Å². The third-order valence-corrected chi connectivity index (χ3v) is 5.22. The topological polar surface area (TPSA) is 84.7 Å². The lowest BCUT2D eigenvalue weighted by Crippen LogP contribution is -2.66. The number of ether oxygens (including phenoxy) is 1. The van der Waals surface area contributed by atoms with Gasteiger partial charge >= 0.3 is 11.8 Å². The lowest BCUT2D eigenvalue weighted by atomic mass is 9.77. The van der Waals surface area contributed by atoms with E-state index in [2.05, 4.69) is 5.32 Å². The highest BCUT2D eigenvalue weighted by molar-refractivity contribution is 6.39. The number of amides is 2. The molecule has 0 bridgehead atoms. The fourth-order valence-corrected chi connectivity index (χ4v) is 4.42. The second kappa shape index (κ2) is 7.87. The molecule has 1 heterocycles. The SMILES string of the molecule is CC1(C)CC(N)CC(C)(C)N1C(=O)C(=O)Nc1ccc(Oc2ccccc2)cc1. The molecule has 2 aromatic carbocycles. The summed E-state index contributed by atoms with van der Waals surface area (Å²) < 4.78 is 5.75. The zero-order chi connectivity index (χ0) is 21.2. The number of anilines is 1. The molecule has 29 heavy (non-hydrogen) atoms. The molecular weight excluding hydrogens is 366 g/mol. The van der Waals surface area contributed by atoms with Gasteiger partial charge in [-0.05, 0) is 76.9 Å². The van der Waals surface area contributed by atoms with Gasteiger partial charge in [-0.1, -0.05) is 18.2 Å². The van der Waals surface area contributed by atoms with Crippen LogP contribution in [-0.2, 0) is 9.59 Å². The number of carbonyl (C=O) groups is 2. The van der Waals surface area contributed by atoms with Crippen molar-refractivity contribution in [3.8, 4) is 11.5 Å². The number of hydrogen-bond donors (Lipinski definition) is 2. The van der Waals surface area contributed by atoms with Crippen LogP contribution in [0.25, 0.3) is 0 Å². The van der Waals surface area contributed by atoms with Crippen LogP contribution in [0.3, 0.4) is 0 Å². The molecule has 6 heteroatoms. The van der Waals surface area contributed by atoms with E-state index in [-0.39, 0.29) is 6.04 Å². The highest BCUT2D eigenvalue weighted by atomic mass is 16.5. The third kappa shape index (κ3) is 4.77. The van der Waals surface area contributed by atoms with E-state index in [9.17, 15) is 9.59 Å². The van der Waals surface area contributed by atoms with Crippen LogP contribution in [0.15, 0.2) is 54.6 Å². The summed E-state index contributed by atoms with van der Waals surface area (Å²) in [4.78, 5) is 27.3. The number of benzene rings is 2. The predicted octanol–water partition coefficient (Wildman–Crippen LogP) is 3.92. The smallest absolute Gasteiger partial charge is 0.313 e. The molecule has 0 atom stereocenters. The van der Waals surface area contributed by atoms with Gasteiger partial charge in [0.1, 0.15) is 11.5 Å². The van der Waals surface area contributed by atoms with Crippen LogP contribution >= 0.6 is 0 Å². The average Bonchev–Trinajstić information content (AvgIpc) is 2.61. The largest absolute Gasteiger partial charge is 0.457 e. The minimum absolute atomic E-state index is 0.00395. The normalized spacial score (nSPS) is 18.2. The van der Waals surface area contributed by atoms with Gasteiger partial charge in [0.2, 0.25) is 0 Å². The summed E-state index contributed by atoms with van der Waals surface area (Å²) in [5.74, 6) is 0.176. The Balaban J connectivity index is 1.68. The van der Waals surface area contributed by atoms with Gasteiger partial charge in [-0.25, -0.2) is 0 Å². The standard InChI is InChI=1S/C23H29N3O3/c1-22(2)14-16(24)15-23(3,4)26(22)21(28)20(27)25-17-10-12-19(13-11-17)29-18-8-6-5-7-9-18/h5-13,16H,14-15,24H2,1-4H3,(H,25,27). The van der Waals surface area contributed by atoms with Crippen molar-refractivity contribution in [2.75, 3.05) is 5.32 Å². The van der Waals surface area contributed by atoms with E-state index in [1.54, 1.807) is 29.2 Å². The number of nitrogens with two attached hydrogens (primary N) is 1. The number of piperidine rings is 1. The van der Waals surface area contributed by atoms with Crippen LogP contribution < -0.4 is 15.8 Å². The number of nitrogens with zero attached hydrogens (tertiary/aromatic N) is 1. The molecule has 6 nitrogen and oxygen atoms in total. The van der Waals surface area contributed by atoms with Crippen molar-refractivity contribution in [2.24, 2.45) is 5.73 Å². The van der Waals surface area contributed by atoms with Crippen LogP contribution in [0, 0.1) is 0 Å². The van der Waals surface area contributed by atoms with Crippen molar-refractivity contribution < 1.29 is 14.3 Å². The molecule has 1 aliphatic heterocycles. The van der Waals surface area contributed by atoms with Gasteiger partial charge in [0.15, 0.2) is 0 Å². The molecule has 0 aromatic heterocycles. The summed E-state index contributed by atoms with van der Waals surface area (Å²) in [5, 5.41) is 2.70. The first-order chi connectivity index (χ1) is 13.6. The minimum atomic E-state index is -0.654. The number of carbonyl (C=O) groups excluding carboxylic acids is 2. The van der Waals surface area contributed by atoms with Crippen molar-refractivity contribution in [1.82, 2.24) is 4.90 Å². The highest BCUT2D eigenvalue weighted by Crippen LogP contribution is 2.38. The maximum Gasteiger partial charge on any atom is 0.313 e. The van der Waals surface area contributed by atoms with Gasteiger partial charge < -0.3 is 20.7 Å². The van der Waals surface area contributed by atoms with Gasteiger partial charge in [0.25, 0.3) is 0 Å². The first-order valence-corrected chi connectivity index (χ1v) is 9.83. The van der Waals surface area contributed by atoms with Crippen molar-refractivity contribution in [2.45, 2.75) is 57.7 Å². The van der Waals surface area contributed by atoms with Gasteiger partial charge in [-0.2, -0.15) is 0 Å². The lowest BCUT2D eigenvalue weighted by Gasteiger charge is -2.54. The van der Waals surface area contributed by atoms with Crippen molar-refractivity contribution >= 4 is 17.5 Å². The fourth-order valence-electron chi connectivity index (χ4n) is 4.42. The number of likely N-dealkylation sites (tertiary alicyclic amines) is 1. The molecule has 0 radical (unpaired) electrons. The molecule has 0 aliphatic carbocycles. The molecule has 3 rings (SSSR count). The Kier molecular flexibility index (Phi) is 5.66. The molecule has 2 amide bonds. The first-order valence-electron chi connectivity index (χ1n) is 9.83. The number of nitrogens with one attached hydrogen (secondary N) is 1. The number of hydrogen-bond acceptors (Lipinski definition) is 4. The lowest BCUT2D eigenvalue weighted by molar-refractivity contribution is -0.156.